The van der Waals surface area contributed by atoms with E-state index in [2.05, 4.69) is 15.6 Å². The molecular formula is C11H20N4O3. The molecule has 1 heterocycles. The van der Waals surface area contributed by atoms with E-state index in [1.807, 2.05) is 0 Å². The first-order valence-electron chi connectivity index (χ1n) is 5.82. The molecule has 102 valence electrons. The molecule has 0 spiro atoms. The molecule has 18 heavy (non-hydrogen) atoms. The third kappa shape index (κ3) is 4.80. The largest absolute Gasteiger partial charge is 0.385 e. The quantitative estimate of drug-likeness (QED) is 0.651. The highest BCUT2D eigenvalue weighted by atomic mass is 16.5. The van der Waals surface area contributed by atoms with E-state index in [1.54, 1.807) is 27.2 Å². The summed E-state index contributed by atoms with van der Waals surface area (Å²) in [6, 6.07) is 0. The van der Waals surface area contributed by atoms with Crippen LogP contribution in [0.25, 0.3) is 0 Å². The maximum atomic E-state index is 11.5. The summed E-state index contributed by atoms with van der Waals surface area (Å²) in [6.07, 6.45) is 2.34. The topological polar surface area (TPSA) is 89.3 Å². The molecule has 0 saturated heterocycles. The zero-order chi connectivity index (χ0) is 13.6. The van der Waals surface area contributed by atoms with Crippen LogP contribution < -0.4 is 5.32 Å². The van der Waals surface area contributed by atoms with E-state index >= 15 is 0 Å². The Labute approximate surface area is 106 Å². The molecule has 0 saturated carbocycles. The number of nitrogens with one attached hydrogen (secondary N) is 1. The molecular weight excluding hydrogens is 236 g/mol. The number of carbonyl (C=O) groups excluding carboxylic acids is 1. The molecule has 7 nitrogen and oxygen atoms in total. The molecule has 0 aliphatic carbocycles. The average molecular weight is 256 g/mol. The van der Waals surface area contributed by atoms with Crippen molar-refractivity contribution in [1.82, 2.24) is 20.3 Å². The van der Waals surface area contributed by atoms with Gasteiger partial charge in [-0.05, 0) is 20.3 Å². The van der Waals surface area contributed by atoms with Crippen molar-refractivity contribution >= 4 is 5.91 Å². The zero-order valence-corrected chi connectivity index (χ0v) is 11.0. The fourth-order valence-corrected chi connectivity index (χ4v) is 1.30. The van der Waals surface area contributed by atoms with Gasteiger partial charge in [-0.15, -0.1) is 5.10 Å². The fourth-order valence-electron chi connectivity index (χ4n) is 1.30. The molecule has 7 heteroatoms. The Balaban J connectivity index is 2.38. The third-order valence-corrected chi connectivity index (χ3v) is 2.32. The normalized spacial score (nSPS) is 11.6. The Morgan fingerprint density at radius 3 is 2.89 bits per heavy atom. The highest BCUT2D eigenvalue weighted by Crippen LogP contribution is 2.15. The van der Waals surface area contributed by atoms with E-state index < -0.39 is 5.60 Å². The van der Waals surface area contributed by atoms with Crippen LogP contribution in [0.5, 0.6) is 0 Å². The molecule has 0 radical (unpaired) electrons. The van der Waals surface area contributed by atoms with Gasteiger partial charge in [0, 0.05) is 20.3 Å². The van der Waals surface area contributed by atoms with Crippen molar-refractivity contribution < 1.29 is 14.6 Å². The van der Waals surface area contributed by atoms with Crippen molar-refractivity contribution in [3.63, 3.8) is 0 Å². The summed E-state index contributed by atoms with van der Waals surface area (Å²) in [5, 5.41) is 20.1. The van der Waals surface area contributed by atoms with Gasteiger partial charge >= 0.3 is 0 Å². The second-order valence-electron chi connectivity index (χ2n) is 4.56. The van der Waals surface area contributed by atoms with Crippen molar-refractivity contribution in [2.24, 2.45) is 0 Å². The number of hydrogen-bond acceptors (Lipinski definition) is 5. The van der Waals surface area contributed by atoms with Crippen molar-refractivity contribution in [2.75, 3.05) is 20.3 Å². The van der Waals surface area contributed by atoms with E-state index in [4.69, 9.17) is 4.74 Å². The van der Waals surface area contributed by atoms with Crippen molar-refractivity contribution in [1.29, 1.82) is 0 Å². The molecule has 0 fully saturated rings. The summed E-state index contributed by atoms with van der Waals surface area (Å²) in [5.74, 6) is -0.140. The van der Waals surface area contributed by atoms with Crippen LogP contribution in [0, 0.1) is 0 Å². The summed E-state index contributed by atoms with van der Waals surface area (Å²) >= 11 is 0. The summed E-state index contributed by atoms with van der Waals surface area (Å²) in [7, 11) is 1.62. The minimum atomic E-state index is -1.05. The number of aliphatic hydroxyl groups is 1. The van der Waals surface area contributed by atoms with Gasteiger partial charge in [0.1, 0.15) is 17.8 Å². The number of aromatic nitrogens is 3. The number of nitrogens with zero attached hydrogens (tertiary/aromatic N) is 3. The van der Waals surface area contributed by atoms with Crippen molar-refractivity contribution in [3.8, 4) is 0 Å². The monoisotopic (exact) mass is 256 g/mol. The minimum Gasteiger partial charge on any atom is -0.385 e. The number of amides is 1. The van der Waals surface area contributed by atoms with Gasteiger partial charge in [0.05, 0.1) is 6.20 Å². The first-order chi connectivity index (χ1) is 8.43. The predicted octanol–water partition coefficient (Wildman–Crippen LogP) is -0.342. The number of ether oxygens (including phenoxy) is 1. The standard InChI is InChI=1S/C11H20N4O3/c1-11(2,17)9-7-15(14-13-9)8-10(16)12-5-4-6-18-3/h7,17H,4-6,8H2,1-3H3,(H,12,16). The number of hydrogen-bond donors (Lipinski definition) is 2. The van der Waals surface area contributed by atoms with Crippen molar-refractivity contribution in [2.45, 2.75) is 32.4 Å². The van der Waals surface area contributed by atoms with E-state index in [1.165, 1.54) is 4.68 Å². The van der Waals surface area contributed by atoms with Gasteiger partial charge < -0.3 is 15.2 Å². The highest BCUT2D eigenvalue weighted by molar-refractivity contribution is 5.75. The van der Waals surface area contributed by atoms with Gasteiger partial charge in [-0.1, -0.05) is 5.21 Å². The van der Waals surface area contributed by atoms with Crippen LogP contribution in [0.2, 0.25) is 0 Å². The lowest BCUT2D eigenvalue weighted by molar-refractivity contribution is -0.121. The molecule has 0 bridgehead atoms. The first-order valence-corrected chi connectivity index (χ1v) is 5.82. The van der Waals surface area contributed by atoms with E-state index in [9.17, 15) is 9.90 Å². The lowest BCUT2D eigenvalue weighted by Crippen LogP contribution is -2.29. The predicted molar refractivity (Wildman–Crippen MR) is 64.8 cm³/mol. The maximum absolute atomic E-state index is 11.5. The summed E-state index contributed by atoms with van der Waals surface area (Å²) < 4.78 is 6.28. The lowest BCUT2D eigenvalue weighted by atomic mass is 10.1. The SMILES string of the molecule is COCCCNC(=O)Cn1cc(C(C)(C)O)nn1. The van der Waals surface area contributed by atoms with Crippen LogP contribution in [0.1, 0.15) is 26.0 Å². The third-order valence-electron chi connectivity index (χ3n) is 2.32. The molecule has 0 unspecified atom stereocenters. The van der Waals surface area contributed by atoms with Gasteiger partial charge in [0.25, 0.3) is 0 Å². The van der Waals surface area contributed by atoms with E-state index in [-0.39, 0.29) is 12.5 Å². The number of methoxy groups -OCH3 is 1. The van der Waals surface area contributed by atoms with Crippen LogP contribution >= 0.6 is 0 Å². The van der Waals surface area contributed by atoms with Gasteiger partial charge in [0.2, 0.25) is 5.91 Å². The average Bonchev–Trinajstić information content (AvgIpc) is 2.72. The van der Waals surface area contributed by atoms with Crippen LogP contribution in [0.15, 0.2) is 6.20 Å². The summed E-state index contributed by atoms with van der Waals surface area (Å²) in [4.78, 5) is 11.5. The van der Waals surface area contributed by atoms with E-state index in [0.717, 1.165) is 6.42 Å². The van der Waals surface area contributed by atoms with Gasteiger partial charge in [-0.2, -0.15) is 0 Å². The van der Waals surface area contributed by atoms with Crippen molar-refractivity contribution in [3.05, 3.63) is 11.9 Å². The molecule has 0 aliphatic rings. The lowest BCUT2D eigenvalue weighted by Gasteiger charge is -2.11. The van der Waals surface area contributed by atoms with Gasteiger partial charge in [0.15, 0.2) is 0 Å². The zero-order valence-electron chi connectivity index (χ0n) is 11.0. The first kappa shape index (κ1) is 14.6. The Morgan fingerprint density at radius 2 is 2.33 bits per heavy atom. The molecule has 1 amide bonds. The molecule has 0 atom stereocenters. The van der Waals surface area contributed by atoms with Crippen LogP contribution in [0.4, 0.5) is 0 Å². The molecule has 1 rings (SSSR count). The molecule has 0 aromatic carbocycles. The number of rotatable bonds is 7. The molecule has 2 N–H and O–H groups in total. The van der Waals surface area contributed by atoms with E-state index in [0.29, 0.717) is 18.8 Å². The highest BCUT2D eigenvalue weighted by Gasteiger charge is 2.20. The maximum Gasteiger partial charge on any atom is 0.241 e. The smallest absolute Gasteiger partial charge is 0.241 e. The summed E-state index contributed by atoms with van der Waals surface area (Å²) in [5.41, 5.74) is -0.609. The van der Waals surface area contributed by atoms with Gasteiger partial charge in [-0.25, -0.2) is 4.68 Å². The molecule has 0 aliphatic heterocycles. The Morgan fingerprint density at radius 1 is 1.61 bits per heavy atom. The number of carbonyl (C=O) groups is 1. The Hall–Kier alpha value is -1.47. The van der Waals surface area contributed by atoms with Gasteiger partial charge in [-0.3, -0.25) is 4.79 Å². The molecule has 1 aromatic heterocycles. The Kier molecular flexibility index (Phi) is 5.24. The second-order valence-corrected chi connectivity index (χ2v) is 4.56. The fraction of sp³-hybridized carbons (Fsp3) is 0.727. The van der Waals surface area contributed by atoms with Crippen LogP contribution in [0.3, 0.4) is 0 Å². The molecule has 1 aromatic rings. The van der Waals surface area contributed by atoms with Crippen LogP contribution in [-0.4, -0.2) is 46.3 Å². The minimum absolute atomic E-state index is 0.0933. The van der Waals surface area contributed by atoms with Crippen LogP contribution in [-0.2, 0) is 21.7 Å². The second kappa shape index (κ2) is 6.46. The Bertz CT molecular complexity index is 384. The summed E-state index contributed by atoms with van der Waals surface area (Å²) in [6.45, 7) is 4.51.